The Kier molecular flexibility index (Phi) is 4.08. The molecular weight excluding hydrogens is 190 g/mol. The van der Waals surface area contributed by atoms with Crippen LogP contribution >= 0.6 is 0 Å². The largest absolute Gasteiger partial charge is 0.335 e. The van der Waals surface area contributed by atoms with E-state index in [4.69, 9.17) is 0 Å². The van der Waals surface area contributed by atoms with Crippen molar-refractivity contribution in [3.63, 3.8) is 0 Å². The number of nitrogens with zero attached hydrogens (tertiary/aromatic N) is 3. The molecule has 0 unspecified atom stereocenters. The fraction of sp³-hybridized carbons (Fsp3) is 0.800. The molecule has 0 aliphatic rings. The van der Waals surface area contributed by atoms with Gasteiger partial charge in [0, 0.05) is 12.1 Å². The van der Waals surface area contributed by atoms with Gasteiger partial charge in [0.15, 0.2) is 0 Å². The summed E-state index contributed by atoms with van der Waals surface area (Å²) < 4.78 is 0. The molecule has 1 aromatic rings. The lowest BCUT2D eigenvalue weighted by atomic mass is 10.2. The molecule has 0 aliphatic heterocycles. The Morgan fingerprint density at radius 1 is 1.27 bits per heavy atom. The van der Waals surface area contributed by atoms with Gasteiger partial charge in [-0.25, -0.2) is 0 Å². The van der Waals surface area contributed by atoms with E-state index in [1.54, 1.807) is 0 Å². The molecule has 0 saturated heterocycles. The molecule has 86 valence electrons. The third-order valence-electron chi connectivity index (χ3n) is 2.21. The third-order valence-corrected chi connectivity index (χ3v) is 2.21. The first-order chi connectivity index (χ1) is 7.06. The molecule has 0 aliphatic carbocycles. The fourth-order valence-corrected chi connectivity index (χ4v) is 1.71. The average molecular weight is 211 g/mol. The van der Waals surface area contributed by atoms with Crippen LogP contribution in [0.3, 0.4) is 0 Å². The fourth-order valence-electron chi connectivity index (χ4n) is 1.71. The van der Waals surface area contributed by atoms with Crippen molar-refractivity contribution in [2.24, 2.45) is 0 Å². The summed E-state index contributed by atoms with van der Waals surface area (Å²) in [5, 5.41) is 10.2. The number of aromatic amines is 1. The van der Waals surface area contributed by atoms with Gasteiger partial charge in [0.2, 0.25) is 5.95 Å². The van der Waals surface area contributed by atoms with Gasteiger partial charge in [0.25, 0.3) is 0 Å². The Hall–Kier alpha value is -1.10. The number of rotatable bonds is 5. The minimum atomic E-state index is 0.406. The Morgan fingerprint density at radius 2 is 1.87 bits per heavy atom. The smallest absolute Gasteiger partial charge is 0.245 e. The molecule has 0 fully saturated rings. The second kappa shape index (κ2) is 5.11. The van der Waals surface area contributed by atoms with Crippen molar-refractivity contribution in [3.05, 3.63) is 5.82 Å². The summed E-state index contributed by atoms with van der Waals surface area (Å²) in [7, 11) is 1.89. The van der Waals surface area contributed by atoms with Gasteiger partial charge >= 0.3 is 0 Å². The molecule has 5 heteroatoms. The molecule has 0 spiro atoms. The van der Waals surface area contributed by atoms with Gasteiger partial charge in [-0.2, -0.15) is 4.98 Å². The lowest BCUT2D eigenvalue weighted by molar-refractivity contribution is 0.592. The summed E-state index contributed by atoms with van der Waals surface area (Å²) in [5.41, 5.74) is 0. The molecule has 1 heterocycles. The highest BCUT2D eigenvalue weighted by atomic mass is 15.4. The number of nitrogens with one attached hydrogen (secondary N) is 2. The van der Waals surface area contributed by atoms with Crippen LogP contribution in [0.25, 0.3) is 0 Å². The van der Waals surface area contributed by atoms with Gasteiger partial charge in [-0.3, -0.25) is 5.10 Å². The average Bonchev–Trinajstić information content (AvgIpc) is 2.52. The minimum Gasteiger partial charge on any atom is -0.335 e. The van der Waals surface area contributed by atoms with Crippen molar-refractivity contribution < 1.29 is 0 Å². The van der Waals surface area contributed by atoms with E-state index in [0.717, 1.165) is 18.3 Å². The Bertz CT molecular complexity index is 284. The lowest BCUT2D eigenvalue weighted by Crippen LogP contribution is -2.37. The molecular formula is C10H21N5. The van der Waals surface area contributed by atoms with E-state index in [2.05, 4.69) is 53.1 Å². The van der Waals surface area contributed by atoms with Crippen LogP contribution < -0.4 is 10.2 Å². The van der Waals surface area contributed by atoms with Crippen molar-refractivity contribution in [2.45, 2.75) is 46.3 Å². The molecule has 0 aromatic carbocycles. The van der Waals surface area contributed by atoms with E-state index in [1.807, 2.05) is 7.05 Å². The highest BCUT2D eigenvalue weighted by Gasteiger charge is 2.18. The van der Waals surface area contributed by atoms with Gasteiger partial charge in [-0.15, -0.1) is 5.10 Å². The third kappa shape index (κ3) is 2.92. The van der Waals surface area contributed by atoms with Crippen LogP contribution in [0.2, 0.25) is 0 Å². The number of aromatic nitrogens is 3. The summed E-state index contributed by atoms with van der Waals surface area (Å²) in [6.45, 7) is 9.31. The van der Waals surface area contributed by atoms with Crippen LogP contribution in [-0.4, -0.2) is 34.3 Å². The van der Waals surface area contributed by atoms with E-state index in [1.165, 1.54) is 0 Å². The standard InChI is InChI=1S/C10H21N5/c1-7(2)15(8(3)4)10-12-9(6-11-5)13-14-10/h7-8,11H,6H2,1-5H3,(H,12,13,14). The van der Waals surface area contributed by atoms with E-state index in [-0.39, 0.29) is 0 Å². The van der Waals surface area contributed by atoms with E-state index < -0.39 is 0 Å². The van der Waals surface area contributed by atoms with Crippen molar-refractivity contribution in [1.82, 2.24) is 20.5 Å². The van der Waals surface area contributed by atoms with E-state index >= 15 is 0 Å². The molecule has 0 radical (unpaired) electrons. The monoisotopic (exact) mass is 211 g/mol. The molecule has 1 rings (SSSR count). The molecule has 0 saturated carbocycles. The van der Waals surface area contributed by atoms with Crippen LogP contribution in [0.5, 0.6) is 0 Å². The first-order valence-electron chi connectivity index (χ1n) is 5.40. The minimum absolute atomic E-state index is 0.406. The van der Waals surface area contributed by atoms with Gasteiger partial charge in [0.1, 0.15) is 5.82 Å². The zero-order valence-electron chi connectivity index (χ0n) is 10.2. The van der Waals surface area contributed by atoms with Gasteiger partial charge in [-0.1, -0.05) is 0 Å². The van der Waals surface area contributed by atoms with Crippen molar-refractivity contribution >= 4 is 5.95 Å². The molecule has 0 amide bonds. The maximum atomic E-state index is 4.44. The predicted octanol–water partition coefficient (Wildman–Crippen LogP) is 1.15. The highest BCUT2D eigenvalue weighted by molar-refractivity contribution is 5.31. The predicted molar refractivity (Wildman–Crippen MR) is 61.9 cm³/mol. The quantitative estimate of drug-likeness (QED) is 0.767. The number of H-pyrrole nitrogens is 1. The number of hydrogen-bond acceptors (Lipinski definition) is 4. The van der Waals surface area contributed by atoms with Gasteiger partial charge < -0.3 is 10.2 Å². The molecule has 0 bridgehead atoms. The Labute approximate surface area is 91.3 Å². The van der Waals surface area contributed by atoms with Crippen LogP contribution in [0, 0.1) is 0 Å². The molecule has 5 nitrogen and oxygen atoms in total. The van der Waals surface area contributed by atoms with Crippen LogP contribution in [0.4, 0.5) is 5.95 Å². The highest BCUT2D eigenvalue weighted by Crippen LogP contribution is 2.14. The number of hydrogen-bond donors (Lipinski definition) is 2. The lowest BCUT2D eigenvalue weighted by Gasteiger charge is -2.29. The summed E-state index contributed by atoms with van der Waals surface area (Å²) in [6.07, 6.45) is 0. The second-order valence-corrected chi connectivity index (χ2v) is 4.21. The van der Waals surface area contributed by atoms with Crippen LogP contribution in [0.1, 0.15) is 33.5 Å². The maximum Gasteiger partial charge on any atom is 0.245 e. The topological polar surface area (TPSA) is 56.8 Å². The first-order valence-corrected chi connectivity index (χ1v) is 5.40. The van der Waals surface area contributed by atoms with Crippen LogP contribution in [-0.2, 0) is 6.54 Å². The van der Waals surface area contributed by atoms with Crippen molar-refractivity contribution in [2.75, 3.05) is 11.9 Å². The summed E-state index contributed by atoms with van der Waals surface area (Å²) in [6, 6.07) is 0.812. The van der Waals surface area contributed by atoms with Gasteiger partial charge in [-0.05, 0) is 34.7 Å². The summed E-state index contributed by atoms with van der Waals surface area (Å²) in [5.74, 6) is 1.66. The Morgan fingerprint density at radius 3 is 2.33 bits per heavy atom. The molecule has 15 heavy (non-hydrogen) atoms. The molecule has 1 aromatic heterocycles. The normalized spacial score (nSPS) is 11.4. The maximum absolute atomic E-state index is 4.44. The molecule has 0 atom stereocenters. The van der Waals surface area contributed by atoms with Crippen LogP contribution in [0.15, 0.2) is 0 Å². The number of anilines is 1. The zero-order chi connectivity index (χ0) is 11.4. The van der Waals surface area contributed by atoms with E-state index in [9.17, 15) is 0 Å². The van der Waals surface area contributed by atoms with Crippen molar-refractivity contribution in [1.29, 1.82) is 0 Å². The molecule has 2 N–H and O–H groups in total. The van der Waals surface area contributed by atoms with Crippen molar-refractivity contribution in [3.8, 4) is 0 Å². The van der Waals surface area contributed by atoms with Gasteiger partial charge in [0.05, 0.1) is 6.54 Å². The Balaban J connectivity index is 2.82. The second-order valence-electron chi connectivity index (χ2n) is 4.21. The zero-order valence-corrected chi connectivity index (χ0v) is 10.2. The summed E-state index contributed by atoms with van der Waals surface area (Å²) >= 11 is 0. The SMILES string of the molecule is CNCc1nc(N(C(C)C)C(C)C)n[nH]1. The van der Waals surface area contributed by atoms with E-state index in [0.29, 0.717) is 12.1 Å². The summed E-state index contributed by atoms with van der Waals surface area (Å²) in [4.78, 5) is 6.63. The first kappa shape index (κ1) is 12.0.